The van der Waals surface area contributed by atoms with Gasteiger partial charge in [0.05, 0.1) is 12.6 Å². The molecule has 35 heavy (non-hydrogen) atoms. The van der Waals surface area contributed by atoms with Gasteiger partial charge in [-0.15, -0.1) is 0 Å². The second kappa shape index (κ2) is 13.1. The third-order valence-electron chi connectivity index (χ3n) is 6.47. The molecule has 1 aliphatic rings. The number of anilines is 2. The number of ether oxygens (including phenoxy) is 2. The molecular formula is C31H39NO3. The fourth-order valence-corrected chi connectivity index (χ4v) is 4.25. The highest BCUT2D eigenvalue weighted by molar-refractivity contribution is 5.86. The third kappa shape index (κ3) is 7.69. The Bertz CT molecular complexity index is 1070. The van der Waals surface area contributed by atoms with Crippen LogP contribution in [0, 0.1) is 13.8 Å². The van der Waals surface area contributed by atoms with Crippen molar-refractivity contribution in [1.82, 2.24) is 0 Å². The topological polar surface area (TPSA) is 38.8 Å². The number of allylic oxidation sites excluding steroid dienone is 2. The van der Waals surface area contributed by atoms with Crippen LogP contribution >= 0.6 is 0 Å². The lowest BCUT2D eigenvalue weighted by Gasteiger charge is -2.34. The van der Waals surface area contributed by atoms with Crippen molar-refractivity contribution in [1.29, 1.82) is 0 Å². The molecule has 0 radical (unpaired) electrons. The summed E-state index contributed by atoms with van der Waals surface area (Å²) in [5.74, 6) is -0.313. The van der Waals surface area contributed by atoms with Gasteiger partial charge < -0.3 is 14.4 Å². The van der Waals surface area contributed by atoms with Gasteiger partial charge in [-0.2, -0.15) is 0 Å². The minimum Gasteiger partial charge on any atom is -0.462 e. The van der Waals surface area contributed by atoms with Crippen LogP contribution in [0.1, 0.15) is 49.3 Å². The number of methoxy groups -OCH3 is 1. The second-order valence-electron chi connectivity index (χ2n) is 9.36. The van der Waals surface area contributed by atoms with Gasteiger partial charge in [0.25, 0.3) is 0 Å². The number of hydrogen-bond acceptors (Lipinski definition) is 4. The van der Waals surface area contributed by atoms with Crippen LogP contribution in [0.2, 0.25) is 0 Å². The van der Waals surface area contributed by atoms with Crippen LogP contribution in [0.25, 0.3) is 0 Å². The highest BCUT2D eigenvalue weighted by Gasteiger charge is 2.20. The summed E-state index contributed by atoms with van der Waals surface area (Å²) in [7, 11) is 1.75. The van der Waals surface area contributed by atoms with Gasteiger partial charge in [-0.3, -0.25) is 0 Å². The van der Waals surface area contributed by atoms with Gasteiger partial charge in [0.1, 0.15) is 0 Å². The molecular weight excluding hydrogens is 434 g/mol. The Morgan fingerprint density at radius 3 is 2.34 bits per heavy atom. The van der Waals surface area contributed by atoms with Crippen LogP contribution in [0.3, 0.4) is 0 Å². The summed E-state index contributed by atoms with van der Waals surface area (Å²) in [5.41, 5.74) is 8.07. The van der Waals surface area contributed by atoms with Crippen molar-refractivity contribution in [3.8, 4) is 0 Å². The molecule has 4 heteroatoms. The first kappa shape index (κ1) is 26.5. The fourth-order valence-electron chi connectivity index (χ4n) is 4.25. The summed E-state index contributed by atoms with van der Waals surface area (Å²) in [4.78, 5) is 14.0. The second-order valence-corrected chi connectivity index (χ2v) is 9.36. The van der Waals surface area contributed by atoms with Crippen molar-refractivity contribution in [3.63, 3.8) is 0 Å². The number of esters is 1. The Morgan fingerprint density at radius 2 is 1.71 bits per heavy atom. The Hall–Kier alpha value is -3.11. The first-order chi connectivity index (χ1) is 16.9. The molecule has 0 N–H and O–H groups in total. The summed E-state index contributed by atoms with van der Waals surface area (Å²) in [5, 5.41) is 0. The molecule has 0 aliphatic heterocycles. The first-order valence-corrected chi connectivity index (χ1v) is 12.5. The summed E-state index contributed by atoms with van der Waals surface area (Å²) in [6, 6.07) is 15.9. The molecule has 0 fully saturated rings. The Kier molecular flexibility index (Phi) is 9.92. The van der Waals surface area contributed by atoms with Gasteiger partial charge in [0.15, 0.2) is 0 Å². The van der Waals surface area contributed by atoms with Crippen LogP contribution in [-0.2, 0) is 20.7 Å². The molecule has 1 unspecified atom stereocenters. The standard InChI is InChI=1S/C31H39NO3/c1-23(2)31(33)35-21-7-9-27-13-18-29(19-14-27)32(30-15-10-24(3)25(4)22-30)28-16-11-26(12-17-28)8-6-20-34-5/h10-18,22,29H,1,6-9,19-21H2,2-5H3. The van der Waals surface area contributed by atoms with Crippen molar-refractivity contribution in [2.75, 3.05) is 25.2 Å². The Morgan fingerprint density at radius 1 is 1.00 bits per heavy atom. The molecule has 0 saturated heterocycles. The normalized spacial score (nSPS) is 15.0. The monoisotopic (exact) mass is 473 g/mol. The number of carbonyl (C=O) groups is 1. The van der Waals surface area contributed by atoms with Crippen LogP contribution in [0.15, 0.2) is 78.4 Å². The van der Waals surface area contributed by atoms with Crippen molar-refractivity contribution < 1.29 is 14.3 Å². The Balaban J connectivity index is 1.71. The summed E-state index contributed by atoms with van der Waals surface area (Å²) in [6.45, 7) is 10.8. The minimum absolute atomic E-state index is 0.237. The molecule has 4 nitrogen and oxygen atoms in total. The average molecular weight is 474 g/mol. The molecule has 2 aromatic rings. The predicted octanol–water partition coefficient (Wildman–Crippen LogP) is 7.17. The van der Waals surface area contributed by atoms with E-state index in [0.29, 0.717) is 12.2 Å². The van der Waals surface area contributed by atoms with Gasteiger partial charge in [-0.05, 0) is 93.8 Å². The maximum Gasteiger partial charge on any atom is 0.333 e. The zero-order valence-electron chi connectivity index (χ0n) is 21.7. The number of hydrogen-bond donors (Lipinski definition) is 0. The van der Waals surface area contributed by atoms with E-state index in [4.69, 9.17) is 9.47 Å². The minimum atomic E-state index is -0.313. The number of benzene rings is 2. The van der Waals surface area contributed by atoms with E-state index in [9.17, 15) is 4.79 Å². The van der Waals surface area contributed by atoms with Crippen molar-refractivity contribution in [3.05, 3.63) is 95.1 Å². The fraction of sp³-hybridized carbons (Fsp3) is 0.387. The van der Waals surface area contributed by atoms with E-state index >= 15 is 0 Å². The molecule has 1 aliphatic carbocycles. The van der Waals surface area contributed by atoms with Gasteiger partial charge in [-0.25, -0.2) is 4.79 Å². The molecule has 2 aromatic carbocycles. The predicted molar refractivity (Wildman–Crippen MR) is 145 cm³/mol. The van der Waals surface area contributed by atoms with Crippen LogP contribution in [-0.4, -0.2) is 32.3 Å². The molecule has 0 heterocycles. The number of rotatable bonds is 12. The molecule has 0 amide bonds. The van der Waals surface area contributed by atoms with E-state index in [1.54, 1.807) is 14.0 Å². The van der Waals surface area contributed by atoms with Gasteiger partial charge in [-0.1, -0.05) is 48.6 Å². The summed E-state index contributed by atoms with van der Waals surface area (Å²) in [6.07, 6.45) is 11.5. The third-order valence-corrected chi connectivity index (χ3v) is 6.47. The van der Waals surface area contributed by atoms with Crippen LogP contribution in [0.4, 0.5) is 11.4 Å². The largest absolute Gasteiger partial charge is 0.462 e. The molecule has 1 atom stereocenters. The molecule has 0 aromatic heterocycles. The average Bonchev–Trinajstić information content (AvgIpc) is 2.86. The van der Waals surface area contributed by atoms with E-state index in [2.05, 4.69) is 86.0 Å². The van der Waals surface area contributed by atoms with Gasteiger partial charge in [0, 0.05) is 30.7 Å². The molecule has 186 valence electrons. The maximum absolute atomic E-state index is 11.6. The molecule has 0 saturated carbocycles. The van der Waals surface area contributed by atoms with E-state index in [-0.39, 0.29) is 12.0 Å². The zero-order valence-corrected chi connectivity index (χ0v) is 21.7. The quantitative estimate of drug-likeness (QED) is 0.186. The molecule has 0 spiro atoms. The lowest BCUT2D eigenvalue weighted by Crippen LogP contribution is -2.30. The highest BCUT2D eigenvalue weighted by atomic mass is 16.5. The number of aryl methyl sites for hydroxylation is 3. The molecule has 0 bridgehead atoms. The SMILES string of the molecule is C=C(C)C(=O)OCCCC1=CCC(N(c2ccc(CCCOC)cc2)c2ccc(C)c(C)c2)C=C1. The lowest BCUT2D eigenvalue weighted by atomic mass is 9.97. The van der Waals surface area contributed by atoms with Gasteiger partial charge >= 0.3 is 5.97 Å². The first-order valence-electron chi connectivity index (χ1n) is 12.5. The van der Waals surface area contributed by atoms with E-state index in [1.807, 2.05) is 0 Å². The maximum atomic E-state index is 11.6. The van der Waals surface area contributed by atoms with Crippen molar-refractivity contribution in [2.45, 2.75) is 58.9 Å². The van der Waals surface area contributed by atoms with Crippen molar-refractivity contribution >= 4 is 17.3 Å². The zero-order chi connectivity index (χ0) is 25.2. The lowest BCUT2D eigenvalue weighted by molar-refractivity contribution is -0.139. The smallest absolute Gasteiger partial charge is 0.333 e. The van der Waals surface area contributed by atoms with Gasteiger partial charge in [0.2, 0.25) is 0 Å². The molecule has 3 rings (SSSR count). The van der Waals surface area contributed by atoms with Crippen molar-refractivity contribution in [2.24, 2.45) is 0 Å². The van der Waals surface area contributed by atoms with E-state index in [0.717, 1.165) is 38.7 Å². The Labute approximate surface area is 210 Å². The van der Waals surface area contributed by atoms with E-state index < -0.39 is 0 Å². The van der Waals surface area contributed by atoms with Crippen LogP contribution in [0.5, 0.6) is 0 Å². The highest BCUT2D eigenvalue weighted by Crippen LogP contribution is 2.33. The summed E-state index contributed by atoms with van der Waals surface area (Å²) < 4.78 is 10.4. The number of nitrogens with zero attached hydrogens (tertiary/aromatic N) is 1. The summed E-state index contributed by atoms with van der Waals surface area (Å²) >= 11 is 0. The van der Waals surface area contributed by atoms with Crippen LogP contribution < -0.4 is 4.90 Å². The number of carbonyl (C=O) groups excluding carboxylic acids is 1. The van der Waals surface area contributed by atoms with E-state index in [1.165, 1.54) is 33.6 Å².